The molecular weight excluding hydrogens is 371 g/mol. The molecule has 2 atom stereocenters. The van der Waals surface area contributed by atoms with Gasteiger partial charge in [-0.05, 0) is 35.4 Å². The third kappa shape index (κ3) is 6.09. The highest BCUT2D eigenvalue weighted by Crippen LogP contribution is 2.33. The van der Waals surface area contributed by atoms with Crippen LogP contribution in [0, 0.1) is 0 Å². The molecule has 2 aromatic carbocycles. The van der Waals surface area contributed by atoms with Crippen molar-refractivity contribution in [3.63, 3.8) is 0 Å². The van der Waals surface area contributed by atoms with E-state index in [9.17, 15) is 14.6 Å². The van der Waals surface area contributed by atoms with Crippen molar-refractivity contribution < 1.29 is 24.1 Å². The Morgan fingerprint density at radius 1 is 0.852 bits per heavy atom. The van der Waals surface area contributed by atoms with Gasteiger partial charge in [0.15, 0.2) is 0 Å². The van der Waals surface area contributed by atoms with Crippen LogP contribution in [0.15, 0.2) is 48.5 Å². The van der Waals surface area contributed by atoms with Crippen LogP contribution in [0.1, 0.15) is 25.0 Å². The van der Waals surface area contributed by atoms with E-state index in [0.717, 1.165) is 11.1 Å². The topological polar surface area (TPSA) is 58.9 Å². The van der Waals surface area contributed by atoms with Gasteiger partial charge in [-0.15, -0.1) is 11.6 Å². The van der Waals surface area contributed by atoms with Crippen molar-refractivity contribution in [3.05, 3.63) is 59.7 Å². The summed E-state index contributed by atoms with van der Waals surface area (Å²) in [5, 5.41) is 18.7. The van der Waals surface area contributed by atoms with Gasteiger partial charge in [0.25, 0.3) is 0 Å². The van der Waals surface area contributed by atoms with Crippen LogP contribution in [0.4, 0.5) is 4.39 Å². The van der Waals surface area contributed by atoms with Crippen molar-refractivity contribution in [2.45, 2.75) is 31.5 Å². The van der Waals surface area contributed by atoms with Gasteiger partial charge in [0.2, 0.25) is 0 Å². The number of ether oxygens (including phenoxy) is 2. The SMILES string of the molecule is CC(C)(c1ccc(OC[C@H](O)CCl)cc1)c1ccc(OC[C@@H](O)CF)cc1. The average molecular weight is 397 g/mol. The van der Waals surface area contributed by atoms with Crippen molar-refractivity contribution in [3.8, 4) is 11.5 Å². The Morgan fingerprint density at radius 3 is 1.63 bits per heavy atom. The molecule has 0 unspecified atom stereocenters. The van der Waals surface area contributed by atoms with Crippen molar-refractivity contribution in [1.29, 1.82) is 0 Å². The van der Waals surface area contributed by atoms with Crippen LogP contribution in [0.25, 0.3) is 0 Å². The number of alkyl halides is 2. The fraction of sp³-hybridized carbons (Fsp3) is 0.429. The highest BCUT2D eigenvalue weighted by atomic mass is 35.5. The third-order valence-electron chi connectivity index (χ3n) is 4.39. The molecule has 2 aromatic rings. The second-order valence-corrected chi connectivity index (χ2v) is 7.22. The first-order valence-electron chi connectivity index (χ1n) is 8.81. The Hall–Kier alpha value is -1.82. The number of rotatable bonds is 10. The van der Waals surface area contributed by atoms with E-state index < -0.39 is 18.9 Å². The van der Waals surface area contributed by atoms with Gasteiger partial charge < -0.3 is 19.7 Å². The summed E-state index contributed by atoms with van der Waals surface area (Å²) in [6.07, 6.45) is -1.79. The lowest BCUT2D eigenvalue weighted by Gasteiger charge is -2.26. The molecule has 0 fully saturated rings. The maximum Gasteiger partial charge on any atom is 0.119 e. The Morgan fingerprint density at radius 2 is 1.26 bits per heavy atom. The van der Waals surface area contributed by atoms with Gasteiger partial charge in [-0.1, -0.05) is 38.1 Å². The summed E-state index contributed by atoms with van der Waals surface area (Å²) in [5.74, 6) is 1.40. The molecule has 0 radical (unpaired) electrons. The third-order valence-corrected chi connectivity index (χ3v) is 4.75. The minimum Gasteiger partial charge on any atom is -0.491 e. The molecule has 0 bridgehead atoms. The lowest BCUT2D eigenvalue weighted by molar-refractivity contribution is 0.0842. The predicted octanol–water partition coefficient (Wildman–Crippen LogP) is 3.70. The quantitative estimate of drug-likeness (QED) is 0.601. The van der Waals surface area contributed by atoms with Crippen LogP contribution < -0.4 is 9.47 Å². The van der Waals surface area contributed by atoms with Crippen molar-refractivity contribution >= 4 is 11.6 Å². The number of aliphatic hydroxyl groups excluding tert-OH is 2. The zero-order chi connectivity index (χ0) is 19.9. The Balaban J connectivity index is 2.04. The van der Waals surface area contributed by atoms with Gasteiger partial charge in [-0.2, -0.15) is 0 Å². The largest absolute Gasteiger partial charge is 0.491 e. The Bertz CT molecular complexity index is 629. The Labute approximate surface area is 164 Å². The van der Waals surface area contributed by atoms with Gasteiger partial charge in [0.1, 0.15) is 43.6 Å². The summed E-state index contributed by atoms with van der Waals surface area (Å²) in [4.78, 5) is 0. The molecule has 6 heteroatoms. The first-order chi connectivity index (χ1) is 12.9. The molecule has 2 N–H and O–H groups in total. The zero-order valence-electron chi connectivity index (χ0n) is 15.6. The molecule has 148 valence electrons. The molecule has 4 nitrogen and oxygen atoms in total. The lowest BCUT2D eigenvalue weighted by atomic mass is 9.78. The van der Waals surface area contributed by atoms with E-state index in [0.29, 0.717) is 11.5 Å². The fourth-order valence-corrected chi connectivity index (χ4v) is 2.67. The van der Waals surface area contributed by atoms with E-state index in [2.05, 4.69) is 13.8 Å². The van der Waals surface area contributed by atoms with E-state index in [1.54, 1.807) is 0 Å². The molecule has 0 aliphatic heterocycles. The van der Waals surface area contributed by atoms with Crippen LogP contribution in [0.2, 0.25) is 0 Å². The number of aliphatic hydroxyl groups is 2. The number of hydrogen-bond acceptors (Lipinski definition) is 4. The second kappa shape index (κ2) is 9.93. The van der Waals surface area contributed by atoms with E-state index in [1.165, 1.54) is 0 Å². The Kier molecular flexibility index (Phi) is 7.90. The van der Waals surface area contributed by atoms with E-state index in [-0.39, 0.29) is 24.5 Å². The summed E-state index contributed by atoms with van der Waals surface area (Å²) in [7, 11) is 0. The minimum atomic E-state index is -1.10. The summed E-state index contributed by atoms with van der Waals surface area (Å²) >= 11 is 5.56. The maximum absolute atomic E-state index is 12.3. The van der Waals surface area contributed by atoms with Gasteiger partial charge in [0.05, 0.1) is 5.88 Å². The van der Waals surface area contributed by atoms with Gasteiger partial charge in [-0.3, -0.25) is 0 Å². The average Bonchev–Trinajstić information content (AvgIpc) is 2.70. The molecule has 0 spiro atoms. The molecule has 0 heterocycles. The first-order valence-corrected chi connectivity index (χ1v) is 9.35. The van der Waals surface area contributed by atoms with E-state index in [1.807, 2.05) is 48.5 Å². The van der Waals surface area contributed by atoms with Crippen molar-refractivity contribution in [2.24, 2.45) is 0 Å². The maximum atomic E-state index is 12.3. The summed E-state index contributed by atoms with van der Waals surface area (Å²) in [5.41, 5.74) is 1.95. The van der Waals surface area contributed by atoms with Crippen molar-refractivity contribution in [1.82, 2.24) is 0 Å². The number of benzene rings is 2. The zero-order valence-corrected chi connectivity index (χ0v) is 16.3. The minimum absolute atomic E-state index is 0.0703. The molecule has 0 saturated heterocycles. The standard InChI is InChI=1S/C21H26ClFO4/c1-21(2,15-3-7-19(8-4-15)26-13-17(24)11-22)16-5-9-20(10-6-16)27-14-18(25)12-23/h3-10,17-18,24-25H,11-14H2,1-2H3/t17-,18+/m1/s1. The lowest BCUT2D eigenvalue weighted by Crippen LogP contribution is -2.20. The van der Waals surface area contributed by atoms with Crippen LogP contribution in [-0.2, 0) is 5.41 Å². The van der Waals surface area contributed by atoms with Crippen molar-refractivity contribution in [2.75, 3.05) is 25.8 Å². The van der Waals surface area contributed by atoms with Gasteiger partial charge in [0, 0.05) is 5.41 Å². The van der Waals surface area contributed by atoms with Gasteiger partial charge >= 0.3 is 0 Å². The summed E-state index contributed by atoms with van der Waals surface area (Å²) in [6, 6.07) is 15.3. The molecule has 0 amide bonds. The fourth-order valence-electron chi connectivity index (χ4n) is 2.58. The van der Waals surface area contributed by atoms with E-state index >= 15 is 0 Å². The normalized spacial score (nSPS) is 13.9. The van der Waals surface area contributed by atoms with Gasteiger partial charge in [-0.25, -0.2) is 4.39 Å². The molecular formula is C21H26ClFO4. The smallest absolute Gasteiger partial charge is 0.119 e. The molecule has 27 heavy (non-hydrogen) atoms. The number of hydrogen-bond donors (Lipinski definition) is 2. The molecule has 0 saturated carbocycles. The summed E-state index contributed by atoms with van der Waals surface area (Å²) in [6.45, 7) is 3.49. The molecule has 0 aliphatic rings. The highest BCUT2D eigenvalue weighted by Gasteiger charge is 2.23. The summed E-state index contributed by atoms with van der Waals surface area (Å²) < 4.78 is 23.1. The first kappa shape index (κ1) is 21.5. The molecule has 0 aromatic heterocycles. The molecule has 0 aliphatic carbocycles. The number of halogens is 2. The van der Waals surface area contributed by atoms with Crippen LogP contribution >= 0.6 is 11.6 Å². The predicted molar refractivity (Wildman–Crippen MR) is 105 cm³/mol. The second-order valence-electron chi connectivity index (χ2n) is 6.91. The van der Waals surface area contributed by atoms with Crippen LogP contribution in [0.3, 0.4) is 0 Å². The monoisotopic (exact) mass is 396 g/mol. The highest BCUT2D eigenvalue weighted by molar-refractivity contribution is 6.18. The van der Waals surface area contributed by atoms with E-state index in [4.69, 9.17) is 21.1 Å². The van der Waals surface area contributed by atoms with Crippen LogP contribution in [0.5, 0.6) is 11.5 Å². The van der Waals surface area contributed by atoms with Crippen LogP contribution in [-0.4, -0.2) is 48.2 Å². The molecule has 2 rings (SSSR count).